The lowest BCUT2D eigenvalue weighted by molar-refractivity contribution is -0.487. The van der Waals surface area contributed by atoms with E-state index in [-0.39, 0.29) is 0 Å². The van der Waals surface area contributed by atoms with Crippen LogP contribution < -0.4 is 0 Å². The minimum Gasteiger partial charge on any atom is -0.459 e. The third-order valence-corrected chi connectivity index (χ3v) is 7.53. The lowest BCUT2D eigenvalue weighted by Crippen LogP contribution is -2.79. The highest BCUT2D eigenvalue weighted by Crippen LogP contribution is 2.69. The van der Waals surface area contributed by atoms with Crippen LogP contribution >= 0.6 is 0 Å². The summed E-state index contributed by atoms with van der Waals surface area (Å²) < 4.78 is 429. The zero-order chi connectivity index (χ0) is 46.2. The summed E-state index contributed by atoms with van der Waals surface area (Å²) in [5.41, 5.74) is 0. The van der Waals surface area contributed by atoms with E-state index in [0.717, 1.165) is 13.8 Å². The van der Waals surface area contributed by atoms with Crippen LogP contribution in [0.4, 0.5) is 136 Å². The zero-order valence-electron chi connectivity index (χ0n) is 25.9. The van der Waals surface area contributed by atoms with Gasteiger partial charge in [0, 0.05) is 0 Å². The van der Waals surface area contributed by atoms with E-state index >= 15 is 0 Å². The maximum Gasteiger partial charge on any atom is 0.385 e. The van der Waals surface area contributed by atoms with Gasteiger partial charge in [0.2, 0.25) is 0 Å². The van der Waals surface area contributed by atoms with Crippen LogP contribution in [0.25, 0.3) is 0 Å². The number of hydrogen-bond acceptors (Lipinski definition) is 2. The fourth-order valence-corrected chi connectivity index (χ4v) is 3.70. The first-order valence-corrected chi connectivity index (χ1v) is 13.4. The van der Waals surface area contributed by atoms with Gasteiger partial charge in [0.05, 0.1) is 5.92 Å². The molecule has 336 valence electrons. The first kappa shape index (κ1) is 53.3. The normalized spacial score (nSPS) is 16.5. The van der Waals surface area contributed by atoms with E-state index < -0.39 is 127 Å². The molecule has 0 fully saturated rings. The topological polar surface area (TPSA) is 26.3 Å². The monoisotopic (exact) mass is 912 g/mol. The lowest BCUT2D eigenvalue weighted by Gasteiger charge is -2.46. The highest BCUT2D eigenvalue weighted by molar-refractivity contribution is 5.72. The number of hydrogen-bond donors (Lipinski definition) is 0. The number of rotatable bonds is 20. The SMILES string of the molecule is CCC(CC)C(=O)OCC(F)(F)C(F)(F)C(F)(F)C(F)(F)C(F)(F)C(F)(F)C(F)(F)C(F)(F)C(F)(F)C(F)(F)C(F)(F)C(F)(F)C(F)(F)C(F)(F)C(F)(F)CF. The number of carbonyl (C=O) groups excluding carboxylic acids is 1. The number of esters is 1. The highest BCUT2D eigenvalue weighted by atomic mass is 19.4. The van der Waals surface area contributed by atoms with E-state index in [2.05, 4.69) is 4.74 Å². The Labute approximate surface area is 287 Å². The van der Waals surface area contributed by atoms with Gasteiger partial charge in [0.15, 0.2) is 13.3 Å². The molecule has 0 aliphatic rings. The van der Waals surface area contributed by atoms with E-state index in [1.165, 1.54) is 0 Å². The molecule has 0 radical (unpaired) electrons. The van der Waals surface area contributed by atoms with Crippen molar-refractivity contribution in [3.8, 4) is 0 Å². The summed E-state index contributed by atoms with van der Waals surface area (Å²) in [7, 11) is 0. The van der Waals surface area contributed by atoms with Crippen LogP contribution in [0.1, 0.15) is 26.7 Å². The molecule has 0 saturated carbocycles. The molecule has 0 bridgehead atoms. The largest absolute Gasteiger partial charge is 0.459 e. The summed E-state index contributed by atoms with van der Waals surface area (Å²) in [6.07, 6.45) is -0.947. The number of alkyl halides is 31. The predicted molar refractivity (Wildman–Crippen MR) is 115 cm³/mol. The van der Waals surface area contributed by atoms with Crippen LogP contribution in [0, 0.1) is 5.92 Å². The average Bonchev–Trinajstić information content (AvgIpc) is 3.02. The van der Waals surface area contributed by atoms with Gasteiger partial charge >= 0.3 is 94.8 Å². The van der Waals surface area contributed by atoms with Gasteiger partial charge in [-0.3, -0.25) is 4.79 Å². The summed E-state index contributed by atoms with van der Waals surface area (Å²) in [6.45, 7) is -6.02. The standard InChI is InChI=1S/C23H15F31O2/c1-3-7(4-2)8(55)56-6-10(27,28)12(31,32)14(35,36)16(39,40)18(43,44)20(47,48)22(51,52)23(53,54)21(49,50)19(45,46)17(41,42)15(37,38)13(33,34)11(29,30)9(25,26)5-24/h7H,3-6H2,1-2H3. The molecule has 2 nitrogen and oxygen atoms in total. The Bertz CT molecular complexity index is 1390. The van der Waals surface area contributed by atoms with Gasteiger partial charge in [0.1, 0.15) is 0 Å². The molecule has 0 aromatic heterocycles. The van der Waals surface area contributed by atoms with Gasteiger partial charge in [-0.05, 0) is 12.8 Å². The molecule has 0 aliphatic heterocycles. The molecule has 0 aromatic rings. The van der Waals surface area contributed by atoms with Crippen molar-refractivity contribution in [2.45, 2.75) is 116 Å². The molecule has 0 unspecified atom stereocenters. The van der Waals surface area contributed by atoms with Gasteiger partial charge in [-0.25, -0.2) is 4.39 Å². The molecule has 0 aromatic carbocycles. The predicted octanol–water partition coefficient (Wildman–Crippen LogP) is 11.5. The van der Waals surface area contributed by atoms with Crippen LogP contribution in [0.5, 0.6) is 0 Å². The molecular weight excluding hydrogens is 897 g/mol. The summed E-state index contributed by atoms with van der Waals surface area (Å²) in [5, 5.41) is 0. The van der Waals surface area contributed by atoms with Gasteiger partial charge in [-0.2, -0.15) is 132 Å². The van der Waals surface area contributed by atoms with Crippen molar-refractivity contribution in [3.63, 3.8) is 0 Å². The zero-order valence-corrected chi connectivity index (χ0v) is 25.9. The summed E-state index contributed by atoms with van der Waals surface area (Å²) >= 11 is 0. The van der Waals surface area contributed by atoms with Crippen LogP contribution in [0.3, 0.4) is 0 Å². The first-order valence-electron chi connectivity index (χ1n) is 13.4. The Morgan fingerprint density at radius 2 is 0.536 bits per heavy atom. The Morgan fingerprint density at radius 3 is 0.714 bits per heavy atom. The summed E-state index contributed by atoms with van der Waals surface area (Å²) in [6, 6.07) is 0. The fourth-order valence-electron chi connectivity index (χ4n) is 3.70. The number of halogens is 31. The van der Waals surface area contributed by atoms with E-state index in [4.69, 9.17) is 0 Å². The van der Waals surface area contributed by atoms with Crippen molar-refractivity contribution in [1.82, 2.24) is 0 Å². The molecule has 0 saturated heterocycles. The van der Waals surface area contributed by atoms with Crippen LogP contribution in [-0.4, -0.2) is 108 Å². The third-order valence-electron chi connectivity index (χ3n) is 7.53. The van der Waals surface area contributed by atoms with E-state index in [9.17, 15) is 141 Å². The van der Waals surface area contributed by atoms with Crippen molar-refractivity contribution in [2.75, 3.05) is 13.3 Å². The smallest absolute Gasteiger partial charge is 0.385 e. The quantitative estimate of drug-likeness (QED) is 0.0899. The molecule has 33 heteroatoms. The van der Waals surface area contributed by atoms with E-state index in [1.54, 1.807) is 0 Å². The Hall–Kier alpha value is -2.70. The summed E-state index contributed by atoms with van der Waals surface area (Å²) in [4.78, 5) is 11.5. The highest BCUT2D eigenvalue weighted by Gasteiger charge is 3.01. The molecular formula is C23H15F31O2. The van der Waals surface area contributed by atoms with Crippen molar-refractivity contribution < 1.29 is 146 Å². The second-order valence-electron chi connectivity index (χ2n) is 11.1. The van der Waals surface area contributed by atoms with Crippen LogP contribution in [0.2, 0.25) is 0 Å². The molecule has 0 atom stereocenters. The lowest BCUT2D eigenvalue weighted by atomic mass is 9.83. The van der Waals surface area contributed by atoms with Crippen molar-refractivity contribution in [2.24, 2.45) is 5.92 Å². The van der Waals surface area contributed by atoms with Crippen LogP contribution in [-0.2, 0) is 9.53 Å². The Morgan fingerprint density at radius 1 is 0.357 bits per heavy atom. The number of carbonyl (C=O) groups is 1. The molecule has 0 amide bonds. The molecule has 0 N–H and O–H groups in total. The second-order valence-corrected chi connectivity index (χ2v) is 11.1. The fraction of sp³-hybridized carbons (Fsp3) is 0.957. The van der Waals surface area contributed by atoms with Crippen molar-refractivity contribution in [3.05, 3.63) is 0 Å². The minimum atomic E-state index is -10.1. The van der Waals surface area contributed by atoms with Gasteiger partial charge in [-0.1, -0.05) is 13.8 Å². The third kappa shape index (κ3) is 6.59. The first-order chi connectivity index (χ1) is 24.0. The molecule has 56 heavy (non-hydrogen) atoms. The molecule has 0 spiro atoms. The average molecular weight is 912 g/mol. The summed E-state index contributed by atoms with van der Waals surface area (Å²) in [5.74, 6) is -143. The maximum atomic E-state index is 14.0. The number of ether oxygens (including phenoxy) is 1. The van der Waals surface area contributed by atoms with Crippen LogP contribution in [0.15, 0.2) is 0 Å². The Balaban J connectivity index is 7.51. The minimum absolute atomic E-state index is 0.474. The molecule has 0 rings (SSSR count). The molecule has 0 aliphatic carbocycles. The van der Waals surface area contributed by atoms with E-state index in [0.29, 0.717) is 0 Å². The molecule has 0 heterocycles. The van der Waals surface area contributed by atoms with Gasteiger partial charge in [0.25, 0.3) is 0 Å². The Kier molecular flexibility index (Phi) is 13.6. The van der Waals surface area contributed by atoms with Gasteiger partial charge in [-0.15, -0.1) is 0 Å². The maximum absolute atomic E-state index is 14.0. The van der Waals surface area contributed by atoms with Crippen molar-refractivity contribution in [1.29, 1.82) is 0 Å². The van der Waals surface area contributed by atoms with Crippen molar-refractivity contribution >= 4 is 5.97 Å². The van der Waals surface area contributed by atoms with Gasteiger partial charge < -0.3 is 4.74 Å². The van der Waals surface area contributed by atoms with E-state index in [1.807, 2.05) is 0 Å². The second kappa shape index (κ2) is 14.2.